The fourth-order valence-corrected chi connectivity index (χ4v) is 4.35. The zero-order valence-electron chi connectivity index (χ0n) is 22.0. The van der Waals surface area contributed by atoms with Crippen molar-refractivity contribution in [2.75, 3.05) is 26.2 Å². The Bertz CT molecular complexity index is 1530. The van der Waals surface area contributed by atoms with E-state index in [1.165, 1.54) is 15.8 Å². The molecular weight excluding hydrogens is 516 g/mol. The maximum Gasteiger partial charge on any atom is 0.407 e. The third-order valence-corrected chi connectivity index (χ3v) is 6.55. The second-order valence-corrected chi connectivity index (χ2v) is 9.61. The van der Waals surface area contributed by atoms with Gasteiger partial charge in [0.2, 0.25) is 5.91 Å². The predicted molar refractivity (Wildman–Crippen MR) is 143 cm³/mol. The molecule has 2 N–H and O–H groups in total. The maximum atomic E-state index is 13.5. The van der Waals surface area contributed by atoms with E-state index in [0.717, 1.165) is 0 Å². The summed E-state index contributed by atoms with van der Waals surface area (Å²) < 4.78 is 0. The van der Waals surface area contributed by atoms with Crippen LogP contribution in [0.3, 0.4) is 0 Å². The van der Waals surface area contributed by atoms with Crippen LogP contribution in [0.5, 0.6) is 5.88 Å². The second kappa shape index (κ2) is 11.4. The molecule has 2 aromatic heterocycles. The van der Waals surface area contributed by atoms with Crippen LogP contribution in [0, 0.1) is 5.92 Å². The van der Waals surface area contributed by atoms with Crippen molar-refractivity contribution in [2.24, 2.45) is 5.92 Å². The molecule has 1 saturated heterocycles. The molecule has 13 nitrogen and oxygen atoms in total. The molecule has 1 aliphatic rings. The van der Waals surface area contributed by atoms with E-state index in [1.807, 2.05) is 56.3 Å². The number of nitrogens with zero attached hydrogens (tertiary/aromatic N) is 7. The quantitative estimate of drug-likeness (QED) is 0.356. The first-order chi connectivity index (χ1) is 19.3. The topological polar surface area (TPSA) is 156 Å². The smallest absolute Gasteiger partial charge is 0.407 e. The van der Waals surface area contributed by atoms with Crippen LogP contribution in [-0.4, -0.2) is 90.2 Å². The first kappa shape index (κ1) is 26.5. The fraction of sp³-hybridized carbons (Fsp3) is 0.296. The minimum atomic E-state index is -1.02. The summed E-state index contributed by atoms with van der Waals surface area (Å²) in [6.45, 7) is 4.58. The highest BCUT2D eigenvalue weighted by molar-refractivity contribution is 5.96. The molecule has 0 bridgehead atoms. The molecule has 0 saturated carbocycles. The Balaban J connectivity index is 1.41. The van der Waals surface area contributed by atoms with E-state index in [9.17, 15) is 19.5 Å². The number of fused-ring (bicyclic) bond motifs is 1. The number of carboxylic acid groups (broad SMARTS) is 1. The van der Waals surface area contributed by atoms with Gasteiger partial charge in [0.1, 0.15) is 22.8 Å². The van der Waals surface area contributed by atoms with Gasteiger partial charge in [0.15, 0.2) is 5.82 Å². The lowest BCUT2D eigenvalue weighted by molar-refractivity contribution is -0.135. The third kappa shape index (κ3) is 5.67. The highest BCUT2D eigenvalue weighted by Gasteiger charge is 2.32. The van der Waals surface area contributed by atoms with E-state index in [-0.39, 0.29) is 55.4 Å². The molecule has 3 amide bonds. The molecule has 206 valence electrons. The number of amides is 3. The Kier molecular flexibility index (Phi) is 7.53. The van der Waals surface area contributed by atoms with Crippen LogP contribution in [0.15, 0.2) is 60.7 Å². The maximum absolute atomic E-state index is 13.5. The molecule has 5 rings (SSSR count). The Hall–Kier alpha value is -5.07. The van der Waals surface area contributed by atoms with E-state index in [2.05, 4.69) is 25.6 Å². The molecule has 2 aromatic carbocycles. The van der Waals surface area contributed by atoms with Crippen LogP contribution >= 0.6 is 0 Å². The summed E-state index contributed by atoms with van der Waals surface area (Å²) in [4.78, 5) is 57.0. The summed E-state index contributed by atoms with van der Waals surface area (Å²) in [5.74, 6) is -0.779. The number of carbonyl (C=O) groups excluding carboxylic acids is 2. The molecule has 0 unspecified atom stereocenters. The van der Waals surface area contributed by atoms with Crippen molar-refractivity contribution in [3.8, 4) is 17.3 Å². The number of carbonyl (C=O) groups is 3. The summed E-state index contributed by atoms with van der Waals surface area (Å²) in [5, 5.41) is 20.1. The molecule has 1 atom stereocenters. The van der Waals surface area contributed by atoms with Gasteiger partial charge in [-0.25, -0.2) is 9.78 Å². The molecule has 0 radical (unpaired) electrons. The van der Waals surface area contributed by atoms with Crippen molar-refractivity contribution < 1.29 is 24.3 Å². The van der Waals surface area contributed by atoms with Crippen molar-refractivity contribution >= 4 is 28.9 Å². The van der Waals surface area contributed by atoms with Gasteiger partial charge in [0.05, 0.1) is 0 Å². The van der Waals surface area contributed by atoms with Crippen molar-refractivity contribution in [3.05, 3.63) is 66.4 Å². The number of hydrogen-bond donors (Lipinski definition) is 2. The molecule has 1 aliphatic heterocycles. The number of aromatic nitrogens is 5. The summed E-state index contributed by atoms with van der Waals surface area (Å²) in [6.07, 6.45) is -1.02. The summed E-state index contributed by atoms with van der Waals surface area (Å²) in [5.41, 5.74) is 1.91. The van der Waals surface area contributed by atoms with Crippen LogP contribution in [0.25, 0.3) is 22.4 Å². The zero-order chi connectivity index (χ0) is 28.2. The van der Waals surface area contributed by atoms with E-state index in [4.69, 9.17) is 4.84 Å². The van der Waals surface area contributed by atoms with Gasteiger partial charge in [-0.1, -0.05) is 61.2 Å². The van der Waals surface area contributed by atoms with Gasteiger partial charge in [-0.3, -0.25) is 9.59 Å². The zero-order valence-corrected chi connectivity index (χ0v) is 22.0. The molecular formula is C27H28N8O5. The van der Waals surface area contributed by atoms with Crippen LogP contribution in [0.4, 0.5) is 4.79 Å². The van der Waals surface area contributed by atoms with E-state index >= 15 is 0 Å². The number of rotatable bonds is 7. The van der Waals surface area contributed by atoms with Gasteiger partial charge < -0.3 is 25.1 Å². The average molecular weight is 545 g/mol. The SMILES string of the molecule is CC(C)[C@H](NC(=O)c1cc(On2nnc3ccccc32)nc(-c2ccccc2)n1)C(=O)N1CCN(C(=O)O)CC1. The van der Waals surface area contributed by atoms with Gasteiger partial charge in [-0.05, 0) is 23.3 Å². The Morgan fingerprint density at radius 2 is 1.60 bits per heavy atom. The van der Waals surface area contributed by atoms with Gasteiger partial charge in [0, 0.05) is 37.8 Å². The molecule has 0 aliphatic carbocycles. The molecule has 1 fully saturated rings. The van der Waals surface area contributed by atoms with E-state index in [1.54, 1.807) is 17.0 Å². The molecule has 0 spiro atoms. The van der Waals surface area contributed by atoms with Crippen LogP contribution in [0.2, 0.25) is 0 Å². The number of piperazine rings is 1. The first-order valence-corrected chi connectivity index (χ1v) is 12.8. The molecule has 3 heterocycles. The fourth-order valence-electron chi connectivity index (χ4n) is 4.35. The number of nitrogens with one attached hydrogen (secondary N) is 1. The van der Waals surface area contributed by atoms with Crippen LogP contribution < -0.4 is 10.2 Å². The largest absolute Gasteiger partial charge is 0.465 e. The Morgan fingerprint density at radius 3 is 2.30 bits per heavy atom. The van der Waals surface area contributed by atoms with Crippen molar-refractivity contribution in [2.45, 2.75) is 19.9 Å². The van der Waals surface area contributed by atoms with Gasteiger partial charge in [-0.15, -0.1) is 5.10 Å². The Labute approximate surface area is 229 Å². The number of para-hydroxylation sites is 1. The third-order valence-electron chi connectivity index (χ3n) is 6.55. The molecule has 40 heavy (non-hydrogen) atoms. The van der Waals surface area contributed by atoms with Crippen LogP contribution in [0.1, 0.15) is 24.3 Å². The summed E-state index contributed by atoms with van der Waals surface area (Å²) >= 11 is 0. The van der Waals surface area contributed by atoms with Gasteiger partial charge in [0.25, 0.3) is 11.8 Å². The molecule has 4 aromatic rings. The van der Waals surface area contributed by atoms with Crippen molar-refractivity contribution in [1.82, 2.24) is 40.2 Å². The average Bonchev–Trinajstić information content (AvgIpc) is 3.38. The standard InChI is InChI=1S/C27H28N8O5/c1-17(2)23(26(37)33-12-14-34(15-13-33)27(38)39)30-25(36)20-16-22(29-24(28-20)18-8-4-3-5-9-18)40-35-21-11-7-6-10-19(21)31-32-35/h3-11,16-17,23H,12-15H2,1-2H3,(H,30,36)(H,38,39)/t23-/m0/s1. The lowest BCUT2D eigenvalue weighted by atomic mass is 10.0. The number of benzene rings is 2. The predicted octanol–water partition coefficient (Wildman–Crippen LogP) is 2.31. The monoisotopic (exact) mass is 544 g/mol. The van der Waals surface area contributed by atoms with E-state index in [0.29, 0.717) is 16.6 Å². The Morgan fingerprint density at radius 1 is 0.925 bits per heavy atom. The first-order valence-electron chi connectivity index (χ1n) is 12.8. The lowest BCUT2D eigenvalue weighted by Crippen LogP contribution is -2.57. The highest BCUT2D eigenvalue weighted by Crippen LogP contribution is 2.21. The lowest BCUT2D eigenvalue weighted by Gasteiger charge is -2.36. The number of hydrogen-bond acceptors (Lipinski definition) is 8. The highest BCUT2D eigenvalue weighted by atomic mass is 16.7. The summed E-state index contributed by atoms with van der Waals surface area (Å²) in [7, 11) is 0. The van der Waals surface area contributed by atoms with E-state index < -0.39 is 18.0 Å². The summed E-state index contributed by atoms with van der Waals surface area (Å²) in [6, 6.07) is 16.9. The minimum absolute atomic E-state index is 0.00224. The van der Waals surface area contributed by atoms with Crippen molar-refractivity contribution in [3.63, 3.8) is 0 Å². The van der Waals surface area contributed by atoms with Crippen molar-refractivity contribution in [1.29, 1.82) is 0 Å². The second-order valence-electron chi connectivity index (χ2n) is 9.61. The minimum Gasteiger partial charge on any atom is -0.465 e. The normalized spacial score (nSPS) is 14.3. The molecule has 13 heteroatoms. The van der Waals surface area contributed by atoms with Gasteiger partial charge >= 0.3 is 6.09 Å². The van der Waals surface area contributed by atoms with Gasteiger partial charge in [-0.2, -0.15) is 4.98 Å². The van der Waals surface area contributed by atoms with Crippen LogP contribution in [-0.2, 0) is 4.79 Å².